The van der Waals surface area contributed by atoms with E-state index in [4.69, 9.17) is 0 Å². The number of hydrogen-bond acceptors (Lipinski definition) is 2. The molecule has 0 aromatic rings. The molecule has 2 aliphatic rings. The zero-order valence-corrected chi connectivity index (χ0v) is 11.1. The van der Waals surface area contributed by atoms with Crippen molar-refractivity contribution >= 4 is 17.8 Å². The fourth-order valence-corrected chi connectivity index (χ4v) is 3.41. The number of amides is 2. The van der Waals surface area contributed by atoms with Gasteiger partial charge in [0, 0.05) is 37.2 Å². The topological polar surface area (TPSA) is 23.6 Å². The Bertz CT molecular complexity index is 251. The lowest BCUT2D eigenvalue weighted by atomic mass is 9.99. The van der Waals surface area contributed by atoms with Gasteiger partial charge < -0.3 is 9.80 Å². The van der Waals surface area contributed by atoms with Crippen molar-refractivity contribution in [3.63, 3.8) is 0 Å². The maximum absolute atomic E-state index is 12.3. The van der Waals surface area contributed by atoms with Crippen LogP contribution < -0.4 is 0 Å². The van der Waals surface area contributed by atoms with E-state index in [9.17, 15) is 4.79 Å². The van der Waals surface area contributed by atoms with Crippen molar-refractivity contribution in [2.24, 2.45) is 5.92 Å². The van der Waals surface area contributed by atoms with Crippen molar-refractivity contribution in [1.82, 2.24) is 9.80 Å². The van der Waals surface area contributed by atoms with Crippen molar-refractivity contribution < 1.29 is 4.79 Å². The second-order valence-electron chi connectivity index (χ2n) is 5.07. The molecule has 1 atom stereocenters. The van der Waals surface area contributed by atoms with E-state index in [2.05, 4.69) is 18.7 Å². The normalized spacial score (nSPS) is 28.2. The highest BCUT2D eigenvalue weighted by atomic mass is 32.2. The van der Waals surface area contributed by atoms with Gasteiger partial charge in [-0.15, -0.1) is 0 Å². The number of carbonyl (C=O) groups excluding carboxylic acids is 1. The van der Waals surface area contributed by atoms with Crippen LogP contribution in [0.2, 0.25) is 0 Å². The van der Waals surface area contributed by atoms with E-state index in [1.165, 1.54) is 12.8 Å². The molecule has 0 aromatic carbocycles. The van der Waals surface area contributed by atoms with E-state index in [0.29, 0.717) is 6.04 Å². The van der Waals surface area contributed by atoms with E-state index in [0.717, 1.165) is 37.1 Å². The molecule has 4 heteroatoms. The molecule has 0 saturated carbocycles. The molecule has 0 radical (unpaired) electrons. The summed E-state index contributed by atoms with van der Waals surface area (Å²) in [5.74, 6) is 2.98. The van der Waals surface area contributed by atoms with Gasteiger partial charge in [0.25, 0.3) is 0 Å². The summed E-state index contributed by atoms with van der Waals surface area (Å²) in [6.45, 7) is 7.28. The van der Waals surface area contributed by atoms with Crippen LogP contribution in [0.4, 0.5) is 4.79 Å². The van der Waals surface area contributed by atoms with Gasteiger partial charge in [-0.2, -0.15) is 11.8 Å². The first kappa shape index (κ1) is 12.1. The lowest BCUT2D eigenvalue weighted by Crippen LogP contribution is -2.52. The molecule has 2 amide bonds. The van der Waals surface area contributed by atoms with Crippen LogP contribution in [-0.4, -0.2) is 53.0 Å². The smallest absolute Gasteiger partial charge is 0.320 e. The predicted molar refractivity (Wildman–Crippen MR) is 68.9 cm³/mol. The molecule has 0 N–H and O–H groups in total. The Morgan fingerprint density at radius 2 is 1.88 bits per heavy atom. The Kier molecular flexibility index (Phi) is 4.00. The highest BCUT2D eigenvalue weighted by molar-refractivity contribution is 7.99. The van der Waals surface area contributed by atoms with E-state index in [1.807, 2.05) is 16.7 Å². The van der Waals surface area contributed by atoms with Gasteiger partial charge in [0.05, 0.1) is 0 Å². The van der Waals surface area contributed by atoms with Crippen molar-refractivity contribution in [2.45, 2.75) is 32.7 Å². The van der Waals surface area contributed by atoms with Gasteiger partial charge in [0.2, 0.25) is 0 Å². The average molecular weight is 242 g/mol. The zero-order valence-electron chi connectivity index (χ0n) is 10.3. The Morgan fingerprint density at radius 1 is 1.19 bits per heavy atom. The molecule has 2 fully saturated rings. The van der Waals surface area contributed by atoms with Crippen LogP contribution in [0.1, 0.15) is 26.7 Å². The fraction of sp³-hybridized carbons (Fsp3) is 0.917. The molecular weight excluding hydrogens is 220 g/mol. The van der Waals surface area contributed by atoms with Gasteiger partial charge >= 0.3 is 6.03 Å². The largest absolute Gasteiger partial charge is 0.325 e. The third kappa shape index (κ3) is 2.65. The first-order chi connectivity index (χ1) is 7.68. The number of thioether (sulfide) groups is 1. The van der Waals surface area contributed by atoms with Gasteiger partial charge in [-0.05, 0) is 25.7 Å². The summed E-state index contributed by atoms with van der Waals surface area (Å²) in [7, 11) is 0. The van der Waals surface area contributed by atoms with Crippen LogP contribution in [0, 0.1) is 5.92 Å². The third-order valence-corrected chi connectivity index (χ3v) is 4.86. The Labute approximate surface area is 103 Å². The first-order valence-electron chi connectivity index (χ1n) is 6.32. The molecule has 0 bridgehead atoms. The molecule has 3 nitrogen and oxygen atoms in total. The summed E-state index contributed by atoms with van der Waals surface area (Å²) < 4.78 is 0. The van der Waals surface area contributed by atoms with Crippen LogP contribution in [0.5, 0.6) is 0 Å². The standard InChI is InChI=1S/C12H22N2OS/c1-10-3-5-13(6-4-10)12(15)14-7-8-16-9-11(14)2/h10-11H,3-9H2,1-2H3. The molecule has 92 valence electrons. The highest BCUT2D eigenvalue weighted by Gasteiger charge is 2.29. The monoisotopic (exact) mass is 242 g/mol. The minimum absolute atomic E-state index is 0.278. The Hall–Kier alpha value is -0.380. The summed E-state index contributed by atoms with van der Waals surface area (Å²) in [4.78, 5) is 16.4. The number of carbonyl (C=O) groups is 1. The minimum atomic E-state index is 0.278. The van der Waals surface area contributed by atoms with Crippen molar-refractivity contribution in [1.29, 1.82) is 0 Å². The number of rotatable bonds is 0. The van der Waals surface area contributed by atoms with Crippen molar-refractivity contribution in [2.75, 3.05) is 31.1 Å². The lowest BCUT2D eigenvalue weighted by molar-refractivity contribution is 0.126. The number of urea groups is 1. The molecule has 2 saturated heterocycles. The molecule has 16 heavy (non-hydrogen) atoms. The highest BCUT2D eigenvalue weighted by Crippen LogP contribution is 2.21. The van der Waals surface area contributed by atoms with Crippen LogP contribution in [0.25, 0.3) is 0 Å². The van der Waals surface area contributed by atoms with Crippen molar-refractivity contribution in [3.05, 3.63) is 0 Å². The second-order valence-corrected chi connectivity index (χ2v) is 6.22. The molecule has 2 aliphatic heterocycles. The molecule has 0 aromatic heterocycles. The summed E-state index contributed by atoms with van der Waals surface area (Å²) in [6.07, 6.45) is 2.34. The molecule has 2 rings (SSSR count). The number of hydrogen-bond donors (Lipinski definition) is 0. The summed E-state index contributed by atoms with van der Waals surface area (Å²) in [5.41, 5.74) is 0. The zero-order chi connectivity index (χ0) is 11.5. The molecule has 0 aliphatic carbocycles. The van der Waals surface area contributed by atoms with Crippen LogP contribution in [0.15, 0.2) is 0 Å². The first-order valence-corrected chi connectivity index (χ1v) is 7.47. The third-order valence-electron chi connectivity index (χ3n) is 3.67. The Morgan fingerprint density at radius 3 is 2.50 bits per heavy atom. The second kappa shape index (κ2) is 5.30. The van der Waals surface area contributed by atoms with Gasteiger partial charge in [0.15, 0.2) is 0 Å². The van der Waals surface area contributed by atoms with E-state index in [1.54, 1.807) is 0 Å². The van der Waals surface area contributed by atoms with Gasteiger partial charge in [-0.3, -0.25) is 0 Å². The Balaban J connectivity index is 1.90. The number of nitrogens with zero attached hydrogens (tertiary/aromatic N) is 2. The van der Waals surface area contributed by atoms with E-state index >= 15 is 0 Å². The number of piperidine rings is 1. The van der Waals surface area contributed by atoms with Crippen LogP contribution in [-0.2, 0) is 0 Å². The van der Waals surface area contributed by atoms with Gasteiger partial charge in [0.1, 0.15) is 0 Å². The summed E-state index contributed by atoms with van der Waals surface area (Å²) in [5, 5.41) is 0. The SMILES string of the molecule is CC1CCN(C(=O)N2CCSCC2C)CC1. The van der Waals surface area contributed by atoms with E-state index in [-0.39, 0.29) is 6.03 Å². The minimum Gasteiger partial charge on any atom is -0.325 e. The number of likely N-dealkylation sites (tertiary alicyclic amines) is 1. The molecule has 0 spiro atoms. The fourth-order valence-electron chi connectivity index (χ4n) is 2.39. The molecular formula is C12H22N2OS. The van der Waals surface area contributed by atoms with Gasteiger partial charge in [-0.1, -0.05) is 6.92 Å². The van der Waals surface area contributed by atoms with Crippen molar-refractivity contribution in [3.8, 4) is 0 Å². The molecule has 1 unspecified atom stereocenters. The molecule has 2 heterocycles. The van der Waals surface area contributed by atoms with Crippen LogP contribution >= 0.6 is 11.8 Å². The summed E-state index contributed by atoms with van der Waals surface area (Å²) in [6, 6.07) is 0.685. The van der Waals surface area contributed by atoms with E-state index < -0.39 is 0 Å². The quantitative estimate of drug-likeness (QED) is 0.650. The predicted octanol–water partition coefficient (Wildman–Crippen LogP) is 2.28. The maximum Gasteiger partial charge on any atom is 0.320 e. The summed E-state index contributed by atoms with van der Waals surface area (Å²) >= 11 is 1.96. The van der Waals surface area contributed by atoms with Crippen LogP contribution in [0.3, 0.4) is 0 Å². The lowest BCUT2D eigenvalue weighted by Gasteiger charge is -2.39. The average Bonchev–Trinajstić information content (AvgIpc) is 2.30. The maximum atomic E-state index is 12.3. The van der Waals surface area contributed by atoms with Gasteiger partial charge in [-0.25, -0.2) is 4.79 Å².